The van der Waals surface area contributed by atoms with E-state index in [2.05, 4.69) is 24.8 Å². The van der Waals surface area contributed by atoms with Crippen molar-refractivity contribution in [3.63, 3.8) is 0 Å². The van der Waals surface area contributed by atoms with Crippen molar-refractivity contribution in [1.29, 1.82) is 0 Å². The second kappa shape index (κ2) is 5.88. The van der Waals surface area contributed by atoms with Gasteiger partial charge >= 0.3 is 0 Å². The summed E-state index contributed by atoms with van der Waals surface area (Å²) in [7, 11) is 0. The highest BCUT2D eigenvalue weighted by Crippen LogP contribution is 2.36. The molecule has 7 nitrogen and oxygen atoms in total. The summed E-state index contributed by atoms with van der Waals surface area (Å²) in [6.45, 7) is 2.46. The molecule has 3 heterocycles. The number of nitrogens with two attached hydrogens (primary N) is 1. The predicted octanol–water partition coefficient (Wildman–Crippen LogP) is 2.13. The molecule has 0 bridgehead atoms. The Morgan fingerprint density at radius 2 is 2.33 bits per heavy atom. The monoisotopic (exact) mass is 302 g/mol. The Kier molecular flexibility index (Phi) is 3.78. The van der Waals surface area contributed by atoms with Gasteiger partial charge < -0.3 is 15.6 Å². The first-order valence-corrected chi connectivity index (χ1v) is 7.20. The number of anilines is 2. The number of hydrogen-bond donors (Lipinski definition) is 2. The van der Waals surface area contributed by atoms with Crippen molar-refractivity contribution in [3.8, 4) is 11.1 Å². The Morgan fingerprint density at radius 3 is 3.05 bits per heavy atom. The molecular formula is C13H14N6OS. The van der Waals surface area contributed by atoms with E-state index >= 15 is 0 Å². The molecule has 0 fully saturated rings. The number of aryl methyl sites for hydroxylation is 1. The normalized spacial score (nSPS) is 10.7. The van der Waals surface area contributed by atoms with Crippen LogP contribution in [0.25, 0.3) is 11.1 Å². The lowest BCUT2D eigenvalue weighted by Crippen LogP contribution is -2.05. The Morgan fingerprint density at radius 1 is 1.43 bits per heavy atom. The molecule has 0 saturated carbocycles. The average Bonchev–Trinajstić information content (AvgIpc) is 3.06. The third-order valence-corrected chi connectivity index (χ3v) is 3.68. The first-order valence-electron chi connectivity index (χ1n) is 6.42. The van der Waals surface area contributed by atoms with Crippen LogP contribution in [0, 0.1) is 6.92 Å². The highest BCUT2D eigenvalue weighted by Gasteiger charge is 2.13. The van der Waals surface area contributed by atoms with E-state index in [9.17, 15) is 0 Å². The number of nitrogens with one attached hydrogen (secondary N) is 1. The minimum absolute atomic E-state index is 0.504. The van der Waals surface area contributed by atoms with Gasteiger partial charge in [-0.3, -0.25) is 4.98 Å². The number of nitrogen functional groups attached to an aromatic ring is 1. The van der Waals surface area contributed by atoms with Crippen molar-refractivity contribution in [1.82, 2.24) is 19.5 Å². The summed E-state index contributed by atoms with van der Waals surface area (Å²) < 4.78 is 9.27. The molecule has 3 aromatic rings. The lowest BCUT2D eigenvalue weighted by molar-refractivity contribution is 0.377. The van der Waals surface area contributed by atoms with Crippen LogP contribution in [0.4, 0.5) is 10.8 Å². The molecule has 3 N–H and O–H groups in total. The lowest BCUT2D eigenvalue weighted by Gasteiger charge is -2.05. The van der Waals surface area contributed by atoms with Crippen LogP contribution in [0.3, 0.4) is 0 Å². The summed E-state index contributed by atoms with van der Waals surface area (Å²) in [5, 5.41) is 7.98. The van der Waals surface area contributed by atoms with Crippen LogP contribution < -0.4 is 11.1 Å². The maximum Gasteiger partial charge on any atom is 0.228 e. The molecule has 8 heteroatoms. The van der Waals surface area contributed by atoms with Crippen LogP contribution in [0.5, 0.6) is 0 Å². The fourth-order valence-corrected chi connectivity index (χ4v) is 2.70. The van der Waals surface area contributed by atoms with Gasteiger partial charge in [-0.2, -0.15) is 9.36 Å². The molecule has 0 atom stereocenters. The van der Waals surface area contributed by atoms with Gasteiger partial charge in [-0.05, 0) is 24.5 Å². The molecular weight excluding hydrogens is 288 g/mol. The van der Waals surface area contributed by atoms with E-state index in [1.807, 2.05) is 12.1 Å². The van der Waals surface area contributed by atoms with E-state index in [1.54, 1.807) is 19.3 Å². The van der Waals surface area contributed by atoms with E-state index in [1.165, 1.54) is 11.5 Å². The molecule has 0 aliphatic carbocycles. The third kappa shape index (κ3) is 3.00. The Balaban J connectivity index is 1.72. The van der Waals surface area contributed by atoms with Gasteiger partial charge in [0.25, 0.3) is 0 Å². The zero-order valence-corrected chi connectivity index (χ0v) is 12.2. The van der Waals surface area contributed by atoms with Crippen molar-refractivity contribution in [2.75, 3.05) is 17.6 Å². The highest BCUT2D eigenvalue weighted by molar-refractivity contribution is 7.11. The number of rotatable bonds is 5. The third-order valence-electron chi connectivity index (χ3n) is 2.86. The summed E-state index contributed by atoms with van der Waals surface area (Å²) in [5.74, 6) is 1.76. The average molecular weight is 302 g/mol. The van der Waals surface area contributed by atoms with Crippen LogP contribution in [-0.2, 0) is 6.42 Å². The smallest absolute Gasteiger partial charge is 0.228 e. The van der Waals surface area contributed by atoms with Crippen molar-refractivity contribution in [2.24, 2.45) is 0 Å². The topological polar surface area (TPSA) is 103 Å². The zero-order valence-electron chi connectivity index (χ0n) is 11.4. The molecule has 0 saturated heterocycles. The molecule has 21 heavy (non-hydrogen) atoms. The van der Waals surface area contributed by atoms with E-state index < -0.39 is 0 Å². The molecule has 0 unspecified atom stereocenters. The highest BCUT2D eigenvalue weighted by atomic mass is 32.1. The van der Waals surface area contributed by atoms with Gasteiger partial charge in [-0.1, -0.05) is 11.2 Å². The molecule has 108 valence electrons. The zero-order chi connectivity index (χ0) is 14.7. The quantitative estimate of drug-likeness (QED) is 0.744. The SMILES string of the molecule is Cc1noc(CCNc2snc(N)c2-c2cccnc2)n1. The van der Waals surface area contributed by atoms with E-state index in [4.69, 9.17) is 10.3 Å². The number of hydrogen-bond acceptors (Lipinski definition) is 8. The Hall–Kier alpha value is -2.48. The van der Waals surface area contributed by atoms with Crippen molar-refractivity contribution in [2.45, 2.75) is 13.3 Å². The summed E-state index contributed by atoms with van der Waals surface area (Å²) in [5.41, 5.74) is 7.78. The summed E-state index contributed by atoms with van der Waals surface area (Å²) in [4.78, 5) is 8.28. The largest absolute Gasteiger partial charge is 0.382 e. The molecule has 0 amide bonds. The predicted molar refractivity (Wildman–Crippen MR) is 81.0 cm³/mol. The number of pyridine rings is 1. The van der Waals surface area contributed by atoms with Gasteiger partial charge in [0.05, 0.1) is 5.56 Å². The standard InChI is InChI=1S/C13H14N6OS/c1-8-17-10(20-18-8)4-6-16-13-11(12(14)19-21-13)9-3-2-5-15-7-9/h2-3,5,7,16H,4,6H2,1H3,(H2,14,19). The maximum absolute atomic E-state index is 5.95. The van der Waals surface area contributed by atoms with E-state index in [-0.39, 0.29) is 0 Å². The summed E-state index contributed by atoms with van der Waals surface area (Å²) in [6.07, 6.45) is 4.14. The molecule has 0 radical (unpaired) electrons. The molecule has 3 aromatic heterocycles. The summed E-state index contributed by atoms with van der Waals surface area (Å²) >= 11 is 1.33. The van der Waals surface area contributed by atoms with Crippen molar-refractivity contribution < 1.29 is 4.52 Å². The van der Waals surface area contributed by atoms with Crippen LogP contribution in [0.1, 0.15) is 11.7 Å². The Bertz CT molecular complexity index is 723. The second-order valence-corrected chi connectivity index (χ2v) is 5.20. The lowest BCUT2D eigenvalue weighted by atomic mass is 10.1. The van der Waals surface area contributed by atoms with Gasteiger partial charge in [0.2, 0.25) is 5.89 Å². The molecule has 0 aliphatic rings. The second-order valence-electron chi connectivity index (χ2n) is 4.43. The number of aromatic nitrogens is 4. The van der Waals surface area contributed by atoms with Gasteiger partial charge in [-0.15, -0.1) is 0 Å². The van der Waals surface area contributed by atoms with Crippen molar-refractivity contribution in [3.05, 3.63) is 36.2 Å². The van der Waals surface area contributed by atoms with Crippen LogP contribution >= 0.6 is 11.5 Å². The van der Waals surface area contributed by atoms with Gasteiger partial charge in [0, 0.05) is 30.9 Å². The first-order chi connectivity index (χ1) is 10.2. The molecule has 0 spiro atoms. The van der Waals surface area contributed by atoms with Gasteiger partial charge in [-0.25, -0.2) is 0 Å². The molecule has 0 aliphatic heterocycles. The first kappa shape index (κ1) is 13.5. The maximum atomic E-state index is 5.95. The van der Waals surface area contributed by atoms with Crippen molar-refractivity contribution >= 4 is 22.4 Å². The Labute approximate surface area is 125 Å². The minimum Gasteiger partial charge on any atom is -0.382 e. The number of nitrogens with zero attached hydrogens (tertiary/aromatic N) is 4. The fraction of sp³-hybridized carbons (Fsp3) is 0.231. The van der Waals surface area contributed by atoms with Crippen LogP contribution in [-0.4, -0.2) is 26.0 Å². The molecule has 3 rings (SSSR count). The van der Waals surface area contributed by atoms with Gasteiger partial charge in [0.15, 0.2) is 5.82 Å². The van der Waals surface area contributed by atoms with E-state index in [0.29, 0.717) is 30.5 Å². The minimum atomic E-state index is 0.504. The van der Waals surface area contributed by atoms with E-state index in [0.717, 1.165) is 16.1 Å². The van der Waals surface area contributed by atoms with Crippen LogP contribution in [0.15, 0.2) is 29.0 Å². The molecule has 0 aromatic carbocycles. The fourth-order valence-electron chi connectivity index (χ4n) is 1.94. The van der Waals surface area contributed by atoms with Crippen LogP contribution in [0.2, 0.25) is 0 Å². The summed E-state index contributed by atoms with van der Waals surface area (Å²) in [6, 6.07) is 3.83. The van der Waals surface area contributed by atoms with Gasteiger partial charge in [0.1, 0.15) is 10.8 Å².